The fraction of sp³-hybridized carbons (Fsp3) is 0.308. The number of benzene rings is 1. The van der Waals surface area contributed by atoms with E-state index in [1.54, 1.807) is 0 Å². The lowest BCUT2D eigenvalue weighted by atomic mass is 10.0. The van der Waals surface area contributed by atoms with Crippen molar-refractivity contribution in [2.75, 3.05) is 5.32 Å². The van der Waals surface area contributed by atoms with Gasteiger partial charge in [-0.3, -0.25) is 9.08 Å². The SMILES string of the molecule is C=C(NC(C)CC)c1ccc(Nc2nccn3c(-c4cn(CC#N)nc4C(F)(F)F)cnc23)cc1CC. The van der Waals surface area contributed by atoms with E-state index in [4.69, 9.17) is 5.26 Å². The molecule has 37 heavy (non-hydrogen) atoms. The molecule has 192 valence electrons. The first-order valence-corrected chi connectivity index (χ1v) is 11.9. The molecule has 4 aromatic rings. The van der Waals surface area contributed by atoms with Crippen LogP contribution in [0, 0.1) is 11.3 Å². The van der Waals surface area contributed by atoms with Crippen LogP contribution < -0.4 is 10.6 Å². The van der Waals surface area contributed by atoms with Crippen molar-refractivity contribution < 1.29 is 13.2 Å². The van der Waals surface area contributed by atoms with Crippen LogP contribution >= 0.6 is 0 Å². The zero-order valence-electron chi connectivity index (χ0n) is 20.8. The number of nitrogens with zero attached hydrogens (tertiary/aromatic N) is 6. The molecule has 3 aromatic heterocycles. The highest BCUT2D eigenvalue weighted by atomic mass is 19.4. The summed E-state index contributed by atoms with van der Waals surface area (Å²) in [6.45, 7) is 10.1. The van der Waals surface area contributed by atoms with Gasteiger partial charge in [-0.25, -0.2) is 9.97 Å². The van der Waals surface area contributed by atoms with Crippen molar-refractivity contribution in [1.82, 2.24) is 29.5 Å². The number of nitriles is 1. The van der Waals surface area contributed by atoms with Gasteiger partial charge in [0, 0.05) is 41.6 Å². The molecule has 1 aromatic carbocycles. The van der Waals surface area contributed by atoms with Gasteiger partial charge in [0.05, 0.1) is 23.5 Å². The van der Waals surface area contributed by atoms with Gasteiger partial charge in [-0.05, 0) is 37.5 Å². The summed E-state index contributed by atoms with van der Waals surface area (Å²) in [7, 11) is 0. The van der Waals surface area contributed by atoms with Gasteiger partial charge in [0.15, 0.2) is 17.2 Å². The fourth-order valence-electron chi connectivity index (χ4n) is 4.05. The molecule has 4 rings (SSSR count). The van der Waals surface area contributed by atoms with Crippen molar-refractivity contribution in [2.45, 2.75) is 52.4 Å². The topological polar surface area (TPSA) is 95.9 Å². The monoisotopic (exact) mass is 508 g/mol. The lowest BCUT2D eigenvalue weighted by Gasteiger charge is -2.19. The zero-order valence-corrected chi connectivity index (χ0v) is 20.8. The maximum absolute atomic E-state index is 13.7. The van der Waals surface area contributed by atoms with Crippen LogP contribution in [-0.4, -0.2) is 30.2 Å². The number of aryl methyl sites for hydroxylation is 1. The van der Waals surface area contributed by atoms with Gasteiger partial charge in [0.2, 0.25) is 0 Å². The first-order valence-electron chi connectivity index (χ1n) is 11.9. The third kappa shape index (κ3) is 5.28. The maximum atomic E-state index is 13.7. The zero-order chi connectivity index (χ0) is 26.7. The number of anilines is 2. The van der Waals surface area contributed by atoms with Crippen LogP contribution in [0.15, 0.2) is 49.6 Å². The summed E-state index contributed by atoms with van der Waals surface area (Å²) >= 11 is 0. The number of nitrogens with one attached hydrogen (secondary N) is 2. The van der Waals surface area contributed by atoms with E-state index in [1.807, 2.05) is 24.3 Å². The van der Waals surface area contributed by atoms with E-state index in [0.717, 1.165) is 40.0 Å². The molecule has 11 heteroatoms. The molecule has 0 aliphatic carbocycles. The van der Waals surface area contributed by atoms with Gasteiger partial charge >= 0.3 is 6.18 Å². The molecule has 8 nitrogen and oxygen atoms in total. The molecule has 3 heterocycles. The van der Waals surface area contributed by atoms with E-state index in [0.29, 0.717) is 17.5 Å². The number of hydrogen-bond acceptors (Lipinski definition) is 6. The van der Waals surface area contributed by atoms with Crippen LogP contribution in [-0.2, 0) is 19.1 Å². The maximum Gasteiger partial charge on any atom is 0.435 e. The summed E-state index contributed by atoms with van der Waals surface area (Å²) in [5.74, 6) is 0.387. The summed E-state index contributed by atoms with van der Waals surface area (Å²) in [5, 5.41) is 19.1. The fourth-order valence-corrected chi connectivity index (χ4v) is 4.05. The Morgan fingerprint density at radius 3 is 2.70 bits per heavy atom. The number of halogens is 3. The van der Waals surface area contributed by atoms with Crippen molar-refractivity contribution in [1.29, 1.82) is 5.26 Å². The van der Waals surface area contributed by atoms with Gasteiger partial charge in [0.25, 0.3) is 0 Å². The predicted octanol–water partition coefficient (Wildman–Crippen LogP) is 5.80. The molecule has 2 N–H and O–H groups in total. The van der Waals surface area contributed by atoms with Crippen molar-refractivity contribution >= 4 is 22.8 Å². The summed E-state index contributed by atoms with van der Waals surface area (Å²) in [4.78, 5) is 8.71. The number of imidazole rings is 1. The second-order valence-electron chi connectivity index (χ2n) is 8.64. The average Bonchev–Trinajstić information content (AvgIpc) is 3.49. The molecule has 0 bridgehead atoms. The third-order valence-electron chi connectivity index (χ3n) is 6.07. The molecular formula is C26H27F3N8. The number of aromatic nitrogens is 5. The van der Waals surface area contributed by atoms with Gasteiger partial charge in [-0.2, -0.15) is 23.5 Å². The highest BCUT2D eigenvalue weighted by Crippen LogP contribution is 2.37. The first-order chi connectivity index (χ1) is 17.7. The van der Waals surface area contributed by atoms with Gasteiger partial charge in [-0.1, -0.05) is 26.5 Å². The summed E-state index contributed by atoms with van der Waals surface area (Å²) in [6.07, 6.45) is 2.64. The van der Waals surface area contributed by atoms with Crippen LogP contribution in [0.4, 0.5) is 24.7 Å². The highest BCUT2D eigenvalue weighted by molar-refractivity contribution is 5.76. The van der Waals surface area contributed by atoms with Crippen molar-refractivity contribution in [3.63, 3.8) is 0 Å². The van der Waals surface area contributed by atoms with Crippen LogP contribution in [0.5, 0.6) is 0 Å². The van der Waals surface area contributed by atoms with Gasteiger partial charge in [0.1, 0.15) is 6.54 Å². The van der Waals surface area contributed by atoms with E-state index >= 15 is 0 Å². The summed E-state index contributed by atoms with van der Waals surface area (Å²) in [6, 6.07) is 8.00. The lowest BCUT2D eigenvalue weighted by Crippen LogP contribution is -2.23. The molecule has 1 unspecified atom stereocenters. The summed E-state index contributed by atoms with van der Waals surface area (Å²) < 4.78 is 43.6. The van der Waals surface area contributed by atoms with Crippen molar-refractivity contribution in [3.8, 4) is 17.3 Å². The van der Waals surface area contributed by atoms with Gasteiger partial charge in [-0.15, -0.1) is 0 Å². The van der Waals surface area contributed by atoms with E-state index in [-0.39, 0.29) is 17.8 Å². The first kappa shape index (κ1) is 25.8. The Hall–Kier alpha value is -4.33. The average molecular weight is 509 g/mol. The minimum Gasteiger partial charge on any atom is -0.383 e. The Bertz CT molecular complexity index is 1480. The normalized spacial score (nSPS) is 12.4. The number of alkyl halides is 3. The lowest BCUT2D eigenvalue weighted by molar-refractivity contribution is -0.141. The molecule has 0 radical (unpaired) electrons. The van der Waals surface area contributed by atoms with Crippen LogP contribution in [0.25, 0.3) is 22.6 Å². The molecular weight excluding hydrogens is 481 g/mol. The molecule has 0 spiro atoms. The number of fused-ring (bicyclic) bond motifs is 1. The quantitative estimate of drug-likeness (QED) is 0.297. The minimum atomic E-state index is -4.69. The van der Waals surface area contributed by atoms with Crippen molar-refractivity contribution in [2.24, 2.45) is 0 Å². The Morgan fingerprint density at radius 2 is 2.03 bits per heavy atom. The molecule has 0 aliphatic rings. The molecule has 0 saturated heterocycles. The predicted molar refractivity (Wildman–Crippen MR) is 136 cm³/mol. The third-order valence-corrected chi connectivity index (χ3v) is 6.07. The van der Waals surface area contributed by atoms with E-state index in [9.17, 15) is 13.2 Å². The van der Waals surface area contributed by atoms with E-state index < -0.39 is 11.9 Å². The van der Waals surface area contributed by atoms with Gasteiger partial charge < -0.3 is 10.6 Å². The standard InChI is InChI=1S/C26H27F3N8/c1-5-16(3)33-17(4)20-8-7-19(13-18(20)6-2)34-24-25-32-14-22(37(25)12-10-31-24)21-15-36(11-9-30)35-23(21)26(27,28)29/h7-8,10,12-16,33H,4-6,11H2,1-3H3,(H,31,34). The highest BCUT2D eigenvalue weighted by Gasteiger charge is 2.38. The molecule has 0 amide bonds. The second kappa shape index (κ2) is 10.3. The van der Waals surface area contributed by atoms with Crippen molar-refractivity contribution in [3.05, 3.63) is 66.4 Å². The number of hydrogen-bond donors (Lipinski definition) is 2. The van der Waals surface area contributed by atoms with Crippen LogP contribution in [0.2, 0.25) is 0 Å². The van der Waals surface area contributed by atoms with E-state index in [1.165, 1.54) is 29.2 Å². The van der Waals surface area contributed by atoms with Crippen LogP contribution in [0.1, 0.15) is 44.0 Å². The smallest absolute Gasteiger partial charge is 0.383 e. The minimum absolute atomic E-state index is 0.169. The Labute approximate surface area is 212 Å². The Morgan fingerprint density at radius 1 is 1.24 bits per heavy atom. The second-order valence-corrected chi connectivity index (χ2v) is 8.64. The Kier molecular flexibility index (Phi) is 7.20. The molecule has 1 atom stereocenters. The molecule has 0 fully saturated rings. The Balaban J connectivity index is 1.70. The van der Waals surface area contributed by atoms with Crippen LogP contribution in [0.3, 0.4) is 0 Å². The molecule has 0 saturated carbocycles. The largest absolute Gasteiger partial charge is 0.435 e. The number of rotatable bonds is 9. The van der Waals surface area contributed by atoms with E-state index in [2.05, 4.69) is 53.1 Å². The molecule has 0 aliphatic heterocycles. The summed E-state index contributed by atoms with van der Waals surface area (Å²) in [5.41, 5.74) is 3.02.